The van der Waals surface area contributed by atoms with Crippen LogP contribution in [0.1, 0.15) is 43.5 Å². The van der Waals surface area contributed by atoms with Gasteiger partial charge in [-0.15, -0.1) is 0 Å². The normalized spacial score (nSPS) is 14.4. The molecule has 0 saturated heterocycles. The van der Waals surface area contributed by atoms with Crippen LogP contribution in [0.2, 0.25) is 0 Å². The summed E-state index contributed by atoms with van der Waals surface area (Å²) in [6, 6.07) is 0. The lowest BCUT2D eigenvalue weighted by atomic mass is 10.2. The molecule has 0 bridgehead atoms. The van der Waals surface area contributed by atoms with E-state index < -0.39 is 0 Å². The summed E-state index contributed by atoms with van der Waals surface area (Å²) < 4.78 is 5.12. The molecule has 1 aliphatic carbocycles. The monoisotopic (exact) mass is 278 g/mol. The highest BCUT2D eigenvalue weighted by Gasteiger charge is 2.28. The molecule has 112 valence electrons. The lowest BCUT2D eigenvalue weighted by molar-refractivity contribution is 0.196. The minimum atomic E-state index is 0.569. The van der Waals surface area contributed by atoms with Crippen LogP contribution in [0.5, 0.6) is 0 Å². The molecule has 1 N–H and O–H groups in total. The van der Waals surface area contributed by atoms with E-state index in [1.165, 1.54) is 12.8 Å². The van der Waals surface area contributed by atoms with Crippen molar-refractivity contribution >= 4 is 11.6 Å². The number of hydrogen-bond donors (Lipinski definition) is 1. The Balaban J connectivity index is 2.20. The zero-order valence-corrected chi connectivity index (χ0v) is 13.1. The molecule has 20 heavy (non-hydrogen) atoms. The third-order valence-electron chi connectivity index (χ3n) is 3.63. The standard InChI is InChI=1S/C15H26N4O/c1-5-16-13-11(2)15(19(3)9-6-10-20-4)18-14(17-13)12-7-8-12/h12H,5-10H2,1-4H3,(H,16,17,18). The molecule has 5 nitrogen and oxygen atoms in total. The van der Waals surface area contributed by atoms with E-state index in [1.54, 1.807) is 7.11 Å². The Morgan fingerprint density at radius 3 is 2.70 bits per heavy atom. The van der Waals surface area contributed by atoms with Crippen LogP contribution in [0.3, 0.4) is 0 Å². The Labute approximate surface area is 121 Å². The highest BCUT2D eigenvalue weighted by atomic mass is 16.5. The molecule has 1 heterocycles. The van der Waals surface area contributed by atoms with E-state index in [9.17, 15) is 0 Å². The van der Waals surface area contributed by atoms with E-state index in [0.29, 0.717) is 5.92 Å². The molecule has 0 aromatic carbocycles. The van der Waals surface area contributed by atoms with Crippen molar-refractivity contribution in [1.29, 1.82) is 0 Å². The predicted octanol–water partition coefficient (Wildman–Crippen LogP) is 2.57. The van der Waals surface area contributed by atoms with E-state index in [1.807, 2.05) is 0 Å². The van der Waals surface area contributed by atoms with Crippen molar-refractivity contribution in [2.75, 3.05) is 44.1 Å². The molecule has 1 aromatic rings. The molecule has 2 rings (SSSR count). The second kappa shape index (κ2) is 6.88. The van der Waals surface area contributed by atoms with E-state index in [-0.39, 0.29) is 0 Å². The van der Waals surface area contributed by atoms with E-state index in [2.05, 4.69) is 36.1 Å². The van der Waals surface area contributed by atoms with Crippen LogP contribution in [-0.2, 0) is 4.74 Å². The fourth-order valence-corrected chi connectivity index (χ4v) is 2.31. The largest absolute Gasteiger partial charge is 0.385 e. The predicted molar refractivity (Wildman–Crippen MR) is 82.7 cm³/mol. The van der Waals surface area contributed by atoms with Gasteiger partial charge in [-0.05, 0) is 33.1 Å². The minimum Gasteiger partial charge on any atom is -0.385 e. The van der Waals surface area contributed by atoms with E-state index in [4.69, 9.17) is 9.72 Å². The van der Waals surface area contributed by atoms with Crippen LogP contribution >= 0.6 is 0 Å². The number of anilines is 2. The van der Waals surface area contributed by atoms with Crippen molar-refractivity contribution in [2.24, 2.45) is 0 Å². The van der Waals surface area contributed by atoms with Crippen molar-refractivity contribution in [3.63, 3.8) is 0 Å². The fraction of sp³-hybridized carbons (Fsp3) is 0.733. The van der Waals surface area contributed by atoms with Crippen molar-refractivity contribution in [2.45, 2.75) is 39.0 Å². The Bertz CT molecular complexity index is 446. The fourth-order valence-electron chi connectivity index (χ4n) is 2.31. The maximum absolute atomic E-state index is 5.12. The number of ether oxygens (including phenoxy) is 1. The topological polar surface area (TPSA) is 50.3 Å². The van der Waals surface area contributed by atoms with Crippen LogP contribution in [-0.4, -0.2) is 43.8 Å². The maximum Gasteiger partial charge on any atom is 0.137 e. The second-order valence-corrected chi connectivity index (χ2v) is 5.45. The quantitative estimate of drug-likeness (QED) is 0.741. The SMILES string of the molecule is CCNc1nc(C2CC2)nc(N(C)CCCOC)c1C. The van der Waals surface area contributed by atoms with Gasteiger partial charge in [-0.1, -0.05) is 0 Å². The van der Waals surface area contributed by atoms with Gasteiger partial charge >= 0.3 is 0 Å². The third kappa shape index (κ3) is 3.60. The van der Waals surface area contributed by atoms with Gasteiger partial charge in [0, 0.05) is 45.3 Å². The van der Waals surface area contributed by atoms with Crippen molar-refractivity contribution in [3.05, 3.63) is 11.4 Å². The van der Waals surface area contributed by atoms with Gasteiger partial charge in [0.15, 0.2) is 0 Å². The molecule has 0 aliphatic heterocycles. The lowest BCUT2D eigenvalue weighted by Gasteiger charge is -2.22. The molecule has 1 aliphatic rings. The number of rotatable bonds is 8. The average molecular weight is 278 g/mol. The zero-order chi connectivity index (χ0) is 14.5. The molecule has 0 atom stereocenters. The number of hydrogen-bond acceptors (Lipinski definition) is 5. The summed E-state index contributed by atoms with van der Waals surface area (Å²) >= 11 is 0. The molecule has 5 heteroatoms. The van der Waals surface area contributed by atoms with Crippen molar-refractivity contribution in [3.8, 4) is 0 Å². The number of methoxy groups -OCH3 is 1. The summed E-state index contributed by atoms with van der Waals surface area (Å²) in [6.45, 7) is 6.80. The van der Waals surface area contributed by atoms with Crippen LogP contribution < -0.4 is 10.2 Å². The Morgan fingerprint density at radius 1 is 1.35 bits per heavy atom. The highest BCUT2D eigenvalue weighted by Crippen LogP contribution is 2.39. The average Bonchev–Trinajstić information content (AvgIpc) is 3.26. The van der Waals surface area contributed by atoms with E-state index >= 15 is 0 Å². The first-order valence-corrected chi connectivity index (χ1v) is 7.49. The zero-order valence-electron chi connectivity index (χ0n) is 13.1. The smallest absolute Gasteiger partial charge is 0.137 e. The molecule has 0 radical (unpaired) electrons. The van der Waals surface area contributed by atoms with Gasteiger partial charge in [-0.2, -0.15) is 0 Å². The Morgan fingerprint density at radius 2 is 2.10 bits per heavy atom. The molecule has 0 amide bonds. The number of aromatic nitrogens is 2. The third-order valence-corrected chi connectivity index (χ3v) is 3.63. The van der Waals surface area contributed by atoms with Gasteiger partial charge in [0.25, 0.3) is 0 Å². The van der Waals surface area contributed by atoms with Crippen LogP contribution in [0.25, 0.3) is 0 Å². The van der Waals surface area contributed by atoms with Gasteiger partial charge in [0.2, 0.25) is 0 Å². The molecular formula is C15H26N4O. The first-order valence-electron chi connectivity index (χ1n) is 7.49. The van der Waals surface area contributed by atoms with Crippen LogP contribution in [0, 0.1) is 6.92 Å². The summed E-state index contributed by atoms with van der Waals surface area (Å²) in [5, 5.41) is 3.36. The van der Waals surface area contributed by atoms with Gasteiger partial charge in [-0.3, -0.25) is 0 Å². The molecule has 0 unspecified atom stereocenters. The Hall–Kier alpha value is -1.36. The highest BCUT2D eigenvalue weighted by molar-refractivity contribution is 5.58. The van der Waals surface area contributed by atoms with Gasteiger partial charge in [0.05, 0.1) is 0 Å². The number of nitrogens with one attached hydrogen (secondary N) is 1. The summed E-state index contributed by atoms with van der Waals surface area (Å²) in [4.78, 5) is 11.7. The first-order chi connectivity index (χ1) is 9.67. The number of nitrogens with zero attached hydrogens (tertiary/aromatic N) is 3. The van der Waals surface area contributed by atoms with Crippen LogP contribution in [0.4, 0.5) is 11.6 Å². The van der Waals surface area contributed by atoms with Gasteiger partial charge < -0.3 is 15.0 Å². The second-order valence-electron chi connectivity index (χ2n) is 5.45. The summed E-state index contributed by atoms with van der Waals surface area (Å²) in [7, 11) is 3.84. The summed E-state index contributed by atoms with van der Waals surface area (Å²) in [5.74, 6) is 3.60. The molecular weight excluding hydrogens is 252 g/mol. The summed E-state index contributed by atoms with van der Waals surface area (Å²) in [6.07, 6.45) is 3.45. The maximum atomic E-state index is 5.12. The van der Waals surface area contributed by atoms with Crippen molar-refractivity contribution in [1.82, 2.24) is 9.97 Å². The van der Waals surface area contributed by atoms with Crippen molar-refractivity contribution < 1.29 is 4.74 Å². The molecule has 1 aromatic heterocycles. The van der Waals surface area contributed by atoms with Crippen LogP contribution in [0.15, 0.2) is 0 Å². The molecule has 1 saturated carbocycles. The summed E-state index contributed by atoms with van der Waals surface area (Å²) in [5.41, 5.74) is 1.14. The Kier molecular flexibility index (Phi) is 5.17. The molecule has 0 spiro atoms. The molecule has 1 fully saturated rings. The first kappa shape index (κ1) is 15.0. The minimum absolute atomic E-state index is 0.569. The van der Waals surface area contributed by atoms with Gasteiger partial charge in [-0.25, -0.2) is 9.97 Å². The lowest BCUT2D eigenvalue weighted by Crippen LogP contribution is -2.23. The van der Waals surface area contributed by atoms with Gasteiger partial charge in [0.1, 0.15) is 17.5 Å². The van der Waals surface area contributed by atoms with E-state index in [0.717, 1.165) is 49.1 Å².